The van der Waals surface area contributed by atoms with Crippen LogP contribution in [-0.2, 0) is 37.4 Å². The second-order valence-electron chi connectivity index (χ2n) is 7.94. The summed E-state index contributed by atoms with van der Waals surface area (Å²) in [5.74, 6) is -0.758. The molecule has 3 rings (SSSR count). The highest BCUT2D eigenvalue weighted by atomic mass is 31.2. The normalized spacial score (nSPS) is 34.1. The summed E-state index contributed by atoms with van der Waals surface area (Å²) in [6, 6.07) is 0.979. The molecule has 3 unspecified atom stereocenters. The van der Waals surface area contributed by atoms with Crippen molar-refractivity contribution in [2.24, 2.45) is 0 Å². The van der Waals surface area contributed by atoms with Crippen molar-refractivity contribution >= 4 is 19.9 Å². The number of rotatable bonds is 5. The first-order valence-corrected chi connectivity index (χ1v) is 11.8. The van der Waals surface area contributed by atoms with Crippen molar-refractivity contribution in [3.63, 3.8) is 0 Å². The quantitative estimate of drug-likeness (QED) is 0.421. The molecule has 2 aliphatic rings. The van der Waals surface area contributed by atoms with Gasteiger partial charge in [0.2, 0.25) is 6.29 Å². The van der Waals surface area contributed by atoms with E-state index in [1.165, 1.54) is 6.92 Å². The Hall–Kier alpha value is -2.58. The second-order valence-corrected chi connectivity index (χ2v) is 9.72. The zero-order valence-corrected chi connectivity index (χ0v) is 19.6. The van der Waals surface area contributed by atoms with Crippen molar-refractivity contribution in [3.05, 3.63) is 33.1 Å². The van der Waals surface area contributed by atoms with Crippen LogP contribution in [0.3, 0.4) is 0 Å². The van der Waals surface area contributed by atoms with Crippen LogP contribution >= 0.6 is 7.75 Å². The zero-order valence-electron chi connectivity index (χ0n) is 18.7. The number of halogens is 1. The van der Waals surface area contributed by atoms with Crippen molar-refractivity contribution in [3.8, 4) is 0 Å². The Bertz CT molecular complexity index is 1090. The highest BCUT2D eigenvalue weighted by molar-refractivity contribution is 7.51. The van der Waals surface area contributed by atoms with Crippen LogP contribution in [0.2, 0.25) is 0 Å². The average Bonchev–Trinajstić information content (AvgIpc) is 2.94. The molecule has 2 aliphatic heterocycles. The summed E-state index contributed by atoms with van der Waals surface area (Å²) < 4.78 is 60.6. The zero-order chi connectivity index (χ0) is 25.3. The van der Waals surface area contributed by atoms with Crippen molar-refractivity contribution < 1.29 is 46.5 Å². The fourth-order valence-corrected chi connectivity index (χ4v) is 4.70. The molecule has 0 amide bonds. The summed E-state index contributed by atoms with van der Waals surface area (Å²) in [6.07, 6.45) is -6.98. The van der Waals surface area contributed by atoms with Crippen LogP contribution in [0.25, 0.3) is 0 Å². The largest absolute Gasteiger partial charge is 0.511 e. The van der Waals surface area contributed by atoms with E-state index in [1.807, 2.05) is 4.98 Å². The van der Waals surface area contributed by atoms with Gasteiger partial charge in [-0.3, -0.25) is 28.2 Å². The van der Waals surface area contributed by atoms with E-state index in [4.69, 9.17) is 28.0 Å². The molecule has 16 heteroatoms. The SMILES string of the molecule is CC(C)OC(=O)CNP1(=O)OC[C@H]2O[C@@H](n3ccc(=O)[nH]c3=O)[C@@](C)(F)C2OC(=O)OC(C)O1. The van der Waals surface area contributed by atoms with Crippen LogP contribution < -0.4 is 16.3 Å². The predicted molar refractivity (Wildman–Crippen MR) is 109 cm³/mol. The first-order valence-electron chi connectivity index (χ1n) is 10.2. The van der Waals surface area contributed by atoms with E-state index in [0.29, 0.717) is 0 Å². The third kappa shape index (κ3) is 5.91. The summed E-state index contributed by atoms with van der Waals surface area (Å²) in [6.45, 7) is 4.24. The summed E-state index contributed by atoms with van der Waals surface area (Å²) in [5, 5.41) is 2.28. The molecule has 3 heterocycles. The van der Waals surface area contributed by atoms with Crippen LogP contribution in [0, 0.1) is 0 Å². The van der Waals surface area contributed by atoms with E-state index in [1.54, 1.807) is 13.8 Å². The summed E-state index contributed by atoms with van der Waals surface area (Å²) >= 11 is 0. The van der Waals surface area contributed by atoms with Gasteiger partial charge < -0.3 is 18.9 Å². The van der Waals surface area contributed by atoms with Gasteiger partial charge in [-0.25, -0.2) is 23.6 Å². The number of nitrogens with one attached hydrogen (secondary N) is 2. The minimum Gasteiger partial charge on any atom is -0.462 e. The third-order valence-corrected chi connectivity index (χ3v) is 6.36. The van der Waals surface area contributed by atoms with Crippen LogP contribution in [0.5, 0.6) is 0 Å². The van der Waals surface area contributed by atoms with Gasteiger partial charge in [-0.15, -0.1) is 0 Å². The van der Waals surface area contributed by atoms with E-state index in [2.05, 4.69) is 5.09 Å². The fourth-order valence-electron chi connectivity index (χ4n) is 3.38. The standard InChI is InChI=1S/C18H25FN3O11P/c1-9(2)29-13(24)7-20-34(27)28-8-11-14(32-17(26)30-10(3)33-34)18(4,19)15(31-11)22-6-5-12(23)21-16(22)25/h5-6,9-11,14-15H,7-8H2,1-4H3,(H,20,27)(H,21,23,25)/t10?,11-,14?,15-,18+,34?/m1/s1. The molecule has 6 atom stereocenters. The Balaban J connectivity index is 1.86. The van der Waals surface area contributed by atoms with Gasteiger partial charge in [-0.2, -0.15) is 0 Å². The van der Waals surface area contributed by atoms with Crippen molar-refractivity contribution in [2.75, 3.05) is 13.2 Å². The maximum absolute atomic E-state index is 15.8. The molecule has 0 aliphatic carbocycles. The number of aromatic amines is 1. The molecule has 0 aromatic carbocycles. The lowest BCUT2D eigenvalue weighted by atomic mass is 9.98. The molecule has 2 saturated heterocycles. The minimum atomic E-state index is -4.31. The monoisotopic (exact) mass is 509 g/mol. The number of cyclic esters (lactones) is 1. The van der Waals surface area contributed by atoms with Crippen LogP contribution in [0.15, 0.2) is 21.9 Å². The highest BCUT2D eigenvalue weighted by Gasteiger charge is 2.59. The lowest BCUT2D eigenvalue weighted by molar-refractivity contribution is -0.146. The minimum absolute atomic E-state index is 0.429. The Morgan fingerprint density at radius 1 is 1.38 bits per heavy atom. The average molecular weight is 509 g/mol. The first-order chi connectivity index (χ1) is 15.8. The fraction of sp³-hybridized carbons (Fsp3) is 0.667. The summed E-state index contributed by atoms with van der Waals surface area (Å²) in [7, 11) is -4.31. The lowest BCUT2D eigenvalue weighted by Gasteiger charge is -2.30. The molecule has 0 spiro atoms. The molecule has 34 heavy (non-hydrogen) atoms. The predicted octanol–water partition coefficient (Wildman–Crippen LogP) is 0.726. The number of hydrogen-bond donors (Lipinski definition) is 2. The van der Waals surface area contributed by atoms with E-state index in [-0.39, 0.29) is 0 Å². The van der Waals surface area contributed by atoms with Crippen LogP contribution in [-0.4, -0.2) is 65.1 Å². The third-order valence-electron chi connectivity index (χ3n) is 4.75. The molecular weight excluding hydrogens is 484 g/mol. The summed E-state index contributed by atoms with van der Waals surface area (Å²) in [5.41, 5.74) is -4.20. The van der Waals surface area contributed by atoms with E-state index < -0.39 is 80.8 Å². The van der Waals surface area contributed by atoms with Crippen molar-refractivity contribution in [1.82, 2.24) is 14.6 Å². The Morgan fingerprint density at radius 2 is 2.09 bits per heavy atom. The second kappa shape index (κ2) is 9.96. The number of ether oxygens (including phenoxy) is 4. The number of fused-ring (bicyclic) bond motifs is 1. The molecule has 14 nitrogen and oxygen atoms in total. The van der Waals surface area contributed by atoms with Crippen LogP contribution in [0.4, 0.5) is 9.18 Å². The smallest absolute Gasteiger partial charge is 0.462 e. The molecule has 1 aromatic heterocycles. The number of H-pyrrole nitrogens is 1. The van der Waals surface area contributed by atoms with E-state index >= 15 is 4.39 Å². The molecule has 2 fully saturated rings. The van der Waals surface area contributed by atoms with Gasteiger partial charge in [-0.1, -0.05) is 0 Å². The number of nitrogens with zero attached hydrogens (tertiary/aromatic N) is 1. The Kier molecular flexibility index (Phi) is 7.62. The molecule has 1 aromatic rings. The summed E-state index contributed by atoms with van der Waals surface area (Å²) in [4.78, 5) is 49.5. The lowest BCUT2D eigenvalue weighted by Crippen LogP contribution is -2.46. The van der Waals surface area contributed by atoms with Gasteiger partial charge >= 0.3 is 25.6 Å². The maximum atomic E-state index is 15.8. The topological polar surface area (TPSA) is 173 Å². The maximum Gasteiger partial charge on any atom is 0.511 e. The molecule has 2 N–H and O–H groups in total. The van der Waals surface area contributed by atoms with Gasteiger partial charge in [0.25, 0.3) is 5.56 Å². The molecule has 0 radical (unpaired) electrons. The van der Waals surface area contributed by atoms with E-state index in [9.17, 15) is 23.7 Å². The molecular formula is C18H25FN3O11P. The molecule has 190 valence electrons. The van der Waals surface area contributed by atoms with Crippen molar-refractivity contribution in [1.29, 1.82) is 0 Å². The van der Waals surface area contributed by atoms with Gasteiger partial charge in [-0.05, 0) is 27.7 Å². The number of carbonyl (C=O) groups is 2. The van der Waals surface area contributed by atoms with Gasteiger partial charge in [0.05, 0.1) is 12.7 Å². The molecule has 0 bridgehead atoms. The Morgan fingerprint density at radius 3 is 2.74 bits per heavy atom. The van der Waals surface area contributed by atoms with Gasteiger partial charge in [0.1, 0.15) is 12.6 Å². The molecule has 0 saturated carbocycles. The highest BCUT2D eigenvalue weighted by Crippen LogP contribution is 2.49. The number of esters is 1. The first kappa shape index (κ1) is 26.0. The van der Waals surface area contributed by atoms with Gasteiger partial charge in [0.15, 0.2) is 18.0 Å². The number of aromatic nitrogens is 2. The number of hydrogen-bond acceptors (Lipinski definition) is 11. The van der Waals surface area contributed by atoms with Crippen molar-refractivity contribution in [2.45, 2.75) is 64.2 Å². The van der Waals surface area contributed by atoms with E-state index in [0.717, 1.165) is 23.8 Å². The Labute approximate surface area is 192 Å². The van der Waals surface area contributed by atoms with Gasteiger partial charge in [0, 0.05) is 12.3 Å². The number of alkyl halides is 1. The van der Waals surface area contributed by atoms with Crippen LogP contribution in [0.1, 0.15) is 33.9 Å². The number of carbonyl (C=O) groups excluding carboxylic acids is 2.